The molecule has 0 saturated heterocycles. The van der Waals surface area contributed by atoms with Gasteiger partial charge >= 0.3 is 0 Å². The molecule has 3 atom stereocenters. The van der Waals surface area contributed by atoms with Crippen LogP contribution >= 0.6 is 0 Å². The highest BCUT2D eigenvalue weighted by molar-refractivity contribution is 5.73. The van der Waals surface area contributed by atoms with Crippen molar-refractivity contribution in [1.29, 1.82) is 0 Å². The van der Waals surface area contributed by atoms with Gasteiger partial charge in [0.25, 0.3) is 0 Å². The number of ether oxygens (including phenoxy) is 1. The maximum atomic E-state index is 10.5. The Morgan fingerprint density at radius 3 is 2.95 bits per heavy atom. The van der Waals surface area contributed by atoms with Gasteiger partial charge in [-0.25, -0.2) is 0 Å². The van der Waals surface area contributed by atoms with E-state index in [0.717, 1.165) is 38.1 Å². The lowest BCUT2D eigenvalue weighted by Crippen LogP contribution is -2.33. The summed E-state index contributed by atoms with van der Waals surface area (Å²) in [5, 5.41) is 13.0. The van der Waals surface area contributed by atoms with Crippen LogP contribution in [-0.4, -0.2) is 42.9 Å². The summed E-state index contributed by atoms with van der Waals surface area (Å²) < 4.78 is 5.77. The summed E-state index contributed by atoms with van der Waals surface area (Å²) in [4.78, 5) is 10.5. The fourth-order valence-electron chi connectivity index (χ4n) is 2.65. The van der Waals surface area contributed by atoms with Crippen LogP contribution in [0, 0.1) is 5.92 Å². The van der Waals surface area contributed by atoms with Crippen LogP contribution in [0.15, 0.2) is 0 Å². The number of aliphatic hydroxyl groups excluding tert-OH is 1. The zero-order valence-corrected chi connectivity index (χ0v) is 12.6. The van der Waals surface area contributed by atoms with Gasteiger partial charge in [-0.3, -0.25) is 4.79 Å². The standard InChI is InChI=1S/C15H30N2O3/c1-12-5-4-6-14(9-12)20-11-13(18)10-17-8-3-2-7-15(16)19/h12-14,17-18H,2-11H2,1H3,(H2,16,19). The van der Waals surface area contributed by atoms with Crippen molar-refractivity contribution < 1.29 is 14.6 Å². The highest BCUT2D eigenvalue weighted by atomic mass is 16.5. The Balaban J connectivity index is 1.94. The van der Waals surface area contributed by atoms with Gasteiger partial charge in [-0.15, -0.1) is 0 Å². The molecule has 5 nitrogen and oxygen atoms in total. The third kappa shape index (κ3) is 8.51. The zero-order chi connectivity index (χ0) is 14.8. The lowest BCUT2D eigenvalue weighted by atomic mass is 9.89. The quantitative estimate of drug-likeness (QED) is 0.527. The molecule has 118 valence electrons. The summed E-state index contributed by atoms with van der Waals surface area (Å²) in [7, 11) is 0. The molecule has 1 saturated carbocycles. The molecule has 20 heavy (non-hydrogen) atoms. The summed E-state index contributed by atoms with van der Waals surface area (Å²) in [5.74, 6) is 0.495. The van der Waals surface area contributed by atoms with Crippen molar-refractivity contribution in [2.45, 2.75) is 64.1 Å². The van der Waals surface area contributed by atoms with E-state index in [4.69, 9.17) is 10.5 Å². The van der Waals surface area contributed by atoms with Crippen LogP contribution in [0.2, 0.25) is 0 Å². The van der Waals surface area contributed by atoms with Gasteiger partial charge in [0.2, 0.25) is 5.91 Å². The number of nitrogens with one attached hydrogen (secondary N) is 1. The summed E-state index contributed by atoms with van der Waals surface area (Å²) in [6, 6.07) is 0. The molecule has 0 spiro atoms. The molecular formula is C15H30N2O3. The molecule has 0 aliphatic heterocycles. The third-order valence-electron chi connectivity index (χ3n) is 3.82. The van der Waals surface area contributed by atoms with E-state index in [1.165, 1.54) is 12.8 Å². The number of amides is 1. The monoisotopic (exact) mass is 286 g/mol. The smallest absolute Gasteiger partial charge is 0.217 e. The second kappa shape index (κ2) is 10.1. The van der Waals surface area contributed by atoms with E-state index < -0.39 is 6.10 Å². The van der Waals surface area contributed by atoms with Crippen LogP contribution in [0.5, 0.6) is 0 Å². The molecule has 3 unspecified atom stereocenters. The lowest BCUT2D eigenvalue weighted by molar-refractivity contribution is -0.118. The van der Waals surface area contributed by atoms with Crippen molar-refractivity contribution in [2.24, 2.45) is 11.7 Å². The average molecular weight is 286 g/mol. The van der Waals surface area contributed by atoms with E-state index in [2.05, 4.69) is 12.2 Å². The number of primary amides is 1. The molecule has 0 aromatic carbocycles. The predicted molar refractivity (Wildman–Crippen MR) is 79.3 cm³/mol. The summed E-state index contributed by atoms with van der Waals surface area (Å²) >= 11 is 0. The summed E-state index contributed by atoms with van der Waals surface area (Å²) in [5.41, 5.74) is 5.06. The molecule has 0 radical (unpaired) electrons. The highest BCUT2D eigenvalue weighted by Crippen LogP contribution is 2.25. The molecule has 1 rings (SSSR count). The predicted octanol–water partition coefficient (Wildman–Crippen LogP) is 1.19. The Kier molecular flexibility index (Phi) is 8.82. The first-order chi connectivity index (χ1) is 9.58. The second-order valence-electron chi connectivity index (χ2n) is 6.01. The normalized spacial score (nSPS) is 24.5. The molecule has 1 fully saturated rings. The van der Waals surface area contributed by atoms with Gasteiger partial charge in [0.05, 0.1) is 18.8 Å². The minimum absolute atomic E-state index is 0.250. The molecule has 1 aliphatic carbocycles. The maximum absolute atomic E-state index is 10.5. The van der Waals surface area contributed by atoms with Crippen LogP contribution in [0.1, 0.15) is 51.9 Å². The van der Waals surface area contributed by atoms with E-state index in [1.807, 2.05) is 0 Å². The number of hydrogen-bond acceptors (Lipinski definition) is 4. The van der Waals surface area contributed by atoms with Crippen molar-refractivity contribution >= 4 is 5.91 Å². The van der Waals surface area contributed by atoms with Gasteiger partial charge in [-0.2, -0.15) is 0 Å². The Bertz CT molecular complexity index is 274. The van der Waals surface area contributed by atoms with E-state index in [1.54, 1.807) is 0 Å². The van der Waals surface area contributed by atoms with E-state index >= 15 is 0 Å². The maximum Gasteiger partial charge on any atom is 0.217 e. The van der Waals surface area contributed by atoms with Gasteiger partial charge in [0.15, 0.2) is 0 Å². The first kappa shape index (κ1) is 17.4. The van der Waals surface area contributed by atoms with Gasteiger partial charge in [0, 0.05) is 13.0 Å². The number of nitrogens with two attached hydrogens (primary N) is 1. The van der Waals surface area contributed by atoms with Crippen molar-refractivity contribution in [3.8, 4) is 0 Å². The van der Waals surface area contributed by atoms with E-state index in [-0.39, 0.29) is 5.91 Å². The largest absolute Gasteiger partial charge is 0.389 e. The van der Waals surface area contributed by atoms with Gasteiger partial charge < -0.3 is 20.9 Å². The molecule has 0 heterocycles. The number of aliphatic hydroxyl groups is 1. The Morgan fingerprint density at radius 2 is 2.25 bits per heavy atom. The van der Waals surface area contributed by atoms with Crippen molar-refractivity contribution in [2.75, 3.05) is 19.7 Å². The lowest BCUT2D eigenvalue weighted by Gasteiger charge is -2.27. The first-order valence-corrected chi connectivity index (χ1v) is 7.86. The molecule has 4 N–H and O–H groups in total. The molecular weight excluding hydrogens is 256 g/mol. The van der Waals surface area contributed by atoms with Crippen LogP contribution in [0.25, 0.3) is 0 Å². The molecule has 0 aromatic heterocycles. The fourth-order valence-corrected chi connectivity index (χ4v) is 2.65. The Hall–Kier alpha value is -0.650. The molecule has 0 aromatic rings. The molecule has 0 bridgehead atoms. The average Bonchev–Trinajstić information content (AvgIpc) is 2.40. The minimum Gasteiger partial charge on any atom is -0.389 e. The number of carbonyl (C=O) groups is 1. The number of carbonyl (C=O) groups excluding carboxylic acids is 1. The van der Waals surface area contributed by atoms with Crippen LogP contribution in [0.4, 0.5) is 0 Å². The number of rotatable bonds is 10. The number of unbranched alkanes of at least 4 members (excludes halogenated alkanes) is 1. The first-order valence-electron chi connectivity index (χ1n) is 7.86. The van der Waals surface area contributed by atoms with E-state index in [0.29, 0.717) is 25.7 Å². The minimum atomic E-state index is -0.455. The van der Waals surface area contributed by atoms with Gasteiger partial charge in [-0.1, -0.05) is 19.8 Å². The van der Waals surface area contributed by atoms with Gasteiger partial charge in [-0.05, 0) is 38.1 Å². The second-order valence-corrected chi connectivity index (χ2v) is 6.01. The van der Waals surface area contributed by atoms with Crippen molar-refractivity contribution in [3.63, 3.8) is 0 Å². The highest BCUT2D eigenvalue weighted by Gasteiger charge is 2.20. The molecule has 5 heteroatoms. The van der Waals surface area contributed by atoms with Crippen molar-refractivity contribution in [1.82, 2.24) is 5.32 Å². The van der Waals surface area contributed by atoms with Crippen LogP contribution in [-0.2, 0) is 9.53 Å². The fraction of sp³-hybridized carbons (Fsp3) is 0.933. The van der Waals surface area contributed by atoms with Gasteiger partial charge in [0.1, 0.15) is 0 Å². The summed E-state index contributed by atoms with van der Waals surface area (Å²) in [6.07, 6.45) is 6.78. The Labute approximate surface area is 122 Å². The molecule has 1 aliphatic rings. The van der Waals surface area contributed by atoms with Crippen molar-refractivity contribution in [3.05, 3.63) is 0 Å². The van der Waals surface area contributed by atoms with E-state index in [9.17, 15) is 9.90 Å². The van der Waals surface area contributed by atoms with Crippen LogP contribution < -0.4 is 11.1 Å². The van der Waals surface area contributed by atoms with Crippen LogP contribution in [0.3, 0.4) is 0 Å². The topological polar surface area (TPSA) is 84.6 Å². The zero-order valence-electron chi connectivity index (χ0n) is 12.6. The number of hydrogen-bond donors (Lipinski definition) is 3. The SMILES string of the molecule is CC1CCCC(OCC(O)CNCCCCC(N)=O)C1. The summed E-state index contributed by atoms with van der Waals surface area (Å²) in [6.45, 7) is 4.01. The molecule has 1 amide bonds. The Morgan fingerprint density at radius 1 is 1.45 bits per heavy atom. The third-order valence-corrected chi connectivity index (χ3v) is 3.82.